The van der Waals surface area contributed by atoms with Crippen molar-refractivity contribution < 1.29 is 8.85 Å². The lowest BCUT2D eigenvalue weighted by Gasteiger charge is -2.29. The summed E-state index contributed by atoms with van der Waals surface area (Å²) in [5.74, 6) is 0. The summed E-state index contributed by atoms with van der Waals surface area (Å²) >= 11 is 12.3. The first-order valence-electron chi connectivity index (χ1n) is 9.22. The van der Waals surface area contributed by atoms with Gasteiger partial charge in [0.1, 0.15) is 0 Å². The minimum Gasteiger partial charge on any atom is -0.391 e. The molecule has 0 heterocycles. The third kappa shape index (κ3) is 6.84. The zero-order valence-electron chi connectivity index (χ0n) is 16.2. The number of rotatable bonds is 8. The van der Waals surface area contributed by atoms with E-state index in [1.165, 1.54) is 5.19 Å². The van der Waals surface area contributed by atoms with Crippen LogP contribution in [-0.2, 0) is 8.85 Å². The molecule has 2 aromatic rings. The second-order valence-corrected chi connectivity index (χ2v) is 16.3. The molecule has 6 heteroatoms. The van der Waals surface area contributed by atoms with Gasteiger partial charge in [0.15, 0.2) is 0 Å². The first kappa shape index (κ1) is 23.4. The summed E-state index contributed by atoms with van der Waals surface area (Å²) in [5, 5.41) is 2.34. The third-order valence-electron chi connectivity index (χ3n) is 4.07. The summed E-state index contributed by atoms with van der Waals surface area (Å²) in [7, 11) is -2.15. The molecule has 2 nitrogen and oxygen atoms in total. The van der Waals surface area contributed by atoms with Crippen molar-refractivity contribution in [2.24, 2.45) is 0 Å². The Hall–Kier alpha value is -0.626. The molecule has 0 fully saturated rings. The van der Waals surface area contributed by atoms with Crippen molar-refractivity contribution in [2.45, 2.75) is 39.8 Å². The maximum absolute atomic E-state index is 6.15. The highest BCUT2D eigenvalue weighted by molar-refractivity contribution is 7.50. The van der Waals surface area contributed by atoms with E-state index in [9.17, 15) is 0 Å². The largest absolute Gasteiger partial charge is 0.391 e. The zero-order chi connectivity index (χ0) is 19.5. The Kier molecular flexibility index (Phi) is 10.8. The molecule has 0 aliphatic carbocycles. The summed E-state index contributed by atoms with van der Waals surface area (Å²) in [6, 6.07) is 22.1. The third-order valence-corrected chi connectivity index (χ3v) is 12.7. The fourth-order valence-electron chi connectivity index (χ4n) is 2.66. The van der Waals surface area contributed by atoms with Gasteiger partial charge < -0.3 is 8.85 Å². The molecule has 0 spiro atoms. The van der Waals surface area contributed by atoms with E-state index in [1.807, 2.05) is 69.3 Å². The van der Waals surface area contributed by atoms with E-state index in [0.717, 1.165) is 30.5 Å². The van der Waals surface area contributed by atoms with Crippen LogP contribution in [-0.4, -0.2) is 28.5 Å². The highest BCUT2D eigenvalue weighted by atomic mass is 35.7. The van der Waals surface area contributed by atoms with Crippen LogP contribution >= 0.6 is 22.2 Å². The number of hydrogen-bond acceptors (Lipinski definition) is 2. The topological polar surface area (TPSA) is 18.5 Å². The lowest BCUT2D eigenvalue weighted by atomic mass is 10.4. The fourth-order valence-corrected chi connectivity index (χ4v) is 7.37. The summed E-state index contributed by atoms with van der Waals surface area (Å²) in [6.45, 7) is 7.55. The van der Waals surface area contributed by atoms with Crippen molar-refractivity contribution in [3.05, 3.63) is 60.7 Å². The van der Waals surface area contributed by atoms with E-state index in [2.05, 4.69) is 19.1 Å². The Morgan fingerprint density at radius 2 is 1.08 bits per heavy atom. The van der Waals surface area contributed by atoms with E-state index < -0.39 is 15.3 Å². The second kappa shape index (κ2) is 12.0. The van der Waals surface area contributed by atoms with Gasteiger partial charge in [0.25, 0.3) is 6.69 Å². The lowest BCUT2D eigenvalue weighted by Crippen LogP contribution is -2.53. The van der Waals surface area contributed by atoms with Gasteiger partial charge in [-0.25, -0.2) is 0 Å². The van der Waals surface area contributed by atoms with E-state index in [0.29, 0.717) is 0 Å². The van der Waals surface area contributed by atoms with Gasteiger partial charge >= 0.3 is 8.56 Å². The molecule has 0 aliphatic rings. The Labute approximate surface area is 170 Å². The van der Waals surface area contributed by atoms with Gasteiger partial charge in [0.2, 0.25) is 0 Å². The Bertz CT molecular complexity index is 604. The maximum Gasteiger partial charge on any atom is 0.372 e. The minimum atomic E-state index is -2.15. The zero-order valence-corrected chi connectivity index (χ0v) is 19.7. The highest BCUT2D eigenvalue weighted by Crippen LogP contribution is 2.19. The van der Waals surface area contributed by atoms with Crippen LogP contribution in [0.5, 0.6) is 0 Å². The molecule has 0 unspecified atom stereocenters. The van der Waals surface area contributed by atoms with Crippen LogP contribution in [0.15, 0.2) is 60.7 Å². The van der Waals surface area contributed by atoms with Crippen molar-refractivity contribution in [1.29, 1.82) is 0 Å². The predicted octanol–water partition coefficient (Wildman–Crippen LogP) is 5.26. The van der Waals surface area contributed by atoms with Crippen molar-refractivity contribution in [3.8, 4) is 0 Å². The summed E-state index contributed by atoms with van der Waals surface area (Å²) in [6.07, 6.45) is 0. The Morgan fingerprint density at radius 1 is 0.654 bits per heavy atom. The van der Waals surface area contributed by atoms with Crippen LogP contribution < -0.4 is 10.4 Å². The minimum absolute atomic E-state index is 0.717. The smallest absolute Gasteiger partial charge is 0.372 e. The van der Waals surface area contributed by atoms with Crippen molar-refractivity contribution in [2.75, 3.05) is 13.2 Å². The molecular formula is C20H30Cl2O2Si2. The van der Waals surface area contributed by atoms with Crippen LogP contribution in [0.4, 0.5) is 0 Å². The number of halogens is 2. The number of hydrogen-bond donors (Lipinski definition) is 0. The molecule has 0 bridgehead atoms. The Morgan fingerprint density at radius 3 is 1.42 bits per heavy atom. The normalized spacial score (nSPS) is 11.6. The van der Waals surface area contributed by atoms with Crippen molar-refractivity contribution in [3.63, 3.8) is 0 Å². The van der Waals surface area contributed by atoms with E-state index in [1.54, 1.807) is 0 Å². The molecule has 0 saturated carbocycles. The van der Waals surface area contributed by atoms with Crippen LogP contribution in [0.3, 0.4) is 0 Å². The second-order valence-electron chi connectivity index (χ2n) is 5.76. The van der Waals surface area contributed by atoms with Crippen LogP contribution in [0, 0.1) is 0 Å². The molecule has 2 rings (SSSR count). The van der Waals surface area contributed by atoms with E-state index in [4.69, 9.17) is 31.0 Å². The van der Waals surface area contributed by atoms with Gasteiger partial charge in [0, 0.05) is 13.2 Å². The van der Waals surface area contributed by atoms with Gasteiger partial charge in [-0.2, -0.15) is 0 Å². The molecule has 0 aliphatic heterocycles. The predicted molar refractivity (Wildman–Crippen MR) is 120 cm³/mol. The summed E-state index contributed by atoms with van der Waals surface area (Å²) in [4.78, 5) is 0. The molecular weight excluding hydrogens is 399 g/mol. The van der Waals surface area contributed by atoms with E-state index >= 15 is 0 Å². The summed E-state index contributed by atoms with van der Waals surface area (Å²) < 4.78 is 11.8. The van der Waals surface area contributed by atoms with Crippen molar-refractivity contribution >= 4 is 47.8 Å². The van der Waals surface area contributed by atoms with Gasteiger partial charge in [-0.05, 0) is 36.3 Å². The average molecular weight is 430 g/mol. The highest BCUT2D eigenvalue weighted by Gasteiger charge is 2.37. The van der Waals surface area contributed by atoms with Crippen LogP contribution in [0.1, 0.15) is 27.7 Å². The van der Waals surface area contributed by atoms with Crippen molar-refractivity contribution in [1.82, 2.24) is 0 Å². The molecule has 0 N–H and O–H groups in total. The standard InChI is InChI=1S/C12H20O2Si.C8H10Cl2Si/c1-4-13-15(6-3,14-5-2)12-10-8-7-9-11-12;1-2-11(9,10)8-6-4-3-5-7-8/h7-11H,4-6H2,1-3H3;3-7H,2H2,1H3. The number of benzene rings is 2. The molecule has 0 aromatic heterocycles. The lowest BCUT2D eigenvalue weighted by molar-refractivity contribution is 0.197. The van der Waals surface area contributed by atoms with Crippen LogP contribution in [0.25, 0.3) is 0 Å². The molecule has 0 saturated heterocycles. The van der Waals surface area contributed by atoms with Gasteiger partial charge in [-0.3, -0.25) is 0 Å². The quantitative estimate of drug-likeness (QED) is 0.421. The molecule has 144 valence electrons. The molecule has 0 atom stereocenters. The molecule has 0 amide bonds. The SMILES string of the molecule is CCO[Si](CC)(OCC)c1ccccc1.CC[Si](Cl)(Cl)c1ccccc1. The van der Waals surface area contributed by atoms with Gasteiger partial charge in [-0.15, -0.1) is 22.2 Å². The van der Waals surface area contributed by atoms with E-state index in [-0.39, 0.29) is 0 Å². The maximum atomic E-state index is 6.15. The monoisotopic (exact) mass is 428 g/mol. The Balaban J connectivity index is 0.000000273. The molecule has 26 heavy (non-hydrogen) atoms. The first-order chi connectivity index (χ1) is 12.5. The fraction of sp³-hybridized carbons (Fsp3) is 0.400. The molecule has 0 radical (unpaired) electrons. The van der Waals surface area contributed by atoms with Gasteiger partial charge in [0.05, 0.1) is 0 Å². The summed E-state index contributed by atoms with van der Waals surface area (Å²) in [5.41, 5.74) is 0. The van der Waals surface area contributed by atoms with Gasteiger partial charge in [-0.1, -0.05) is 74.5 Å². The average Bonchev–Trinajstić information content (AvgIpc) is 2.69. The first-order valence-corrected chi connectivity index (χ1v) is 15.5. The van der Waals surface area contributed by atoms with Crippen LogP contribution in [0.2, 0.25) is 12.1 Å². The molecule has 2 aromatic carbocycles.